The highest BCUT2D eigenvalue weighted by Crippen LogP contribution is 2.48. The Labute approximate surface area is 221 Å². The number of nitriles is 1. The zero-order valence-electron chi connectivity index (χ0n) is 21.4. The second-order valence-corrected chi connectivity index (χ2v) is 9.17. The Kier molecular flexibility index (Phi) is 7.29. The van der Waals surface area contributed by atoms with Crippen LogP contribution in [0, 0.1) is 17.2 Å². The molecule has 2 fully saturated rings. The van der Waals surface area contributed by atoms with Gasteiger partial charge in [-0.15, -0.1) is 0 Å². The third-order valence-corrected chi connectivity index (χ3v) is 6.75. The summed E-state index contributed by atoms with van der Waals surface area (Å²) < 4.78 is 11.9. The average Bonchev–Trinajstić information content (AvgIpc) is 3.46. The minimum absolute atomic E-state index is 0.352. The molecule has 2 amide bonds. The predicted molar refractivity (Wildman–Crippen MR) is 142 cm³/mol. The van der Waals surface area contributed by atoms with Crippen LogP contribution in [0.2, 0.25) is 0 Å². The number of hydrogen-bond acceptors (Lipinski definition) is 7. The lowest BCUT2D eigenvalue weighted by atomic mass is 9.90. The van der Waals surface area contributed by atoms with E-state index < -0.39 is 24.0 Å². The number of anilines is 2. The molecule has 0 saturated carbocycles. The zero-order chi connectivity index (χ0) is 26.6. The van der Waals surface area contributed by atoms with Gasteiger partial charge in [-0.3, -0.25) is 14.4 Å². The number of ether oxygens (including phenoxy) is 2. The first-order valence-corrected chi connectivity index (χ1v) is 12.9. The smallest absolute Gasteiger partial charge is 0.266 e. The lowest BCUT2D eigenvalue weighted by molar-refractivity contribution is -0.126. The summed E-state index contributed by atoms with van der Waals surface area (Å²) in [4.78, 5) is 34.8. The topological polar surface area (TPSA) is 92.1 Å². The van der Waals surface area contributed by atoms with Crippen LogP contribution in [-0.2, 0) is 14.4 Å². The molecule has 0 radical (unpaired) electrons. The van der Waals surface area contributed by atoms with E-state index in [0.29, 0.717) is 36.0 Å². The van der Waals surface area contributed by atoms with Gasteiger partial charge < -0.3 is 9.47 Å². The Morgan fingerprint density at radius 2 is 1.66 bits per heavy atom. The molecule has 38 heavy (non-hydrogen) atoms. The molecule has 3 atom stereocenters. The molecule has 3 aromatic carbocycles. The van der Waals surface area contributed by atoms with Crippen LogP contribution < -0.4 is 19.4 Å². The first kappa shape index (κ1) is 25.3. The largest absolute Gasteiger partial charge is 0.490 e. The lowest BCUT2D eigenvalue weighted by Gasteiger charge is -2.29. The van der Waals surface area contributed by atoms with Gasteiger partial charge in [0.2, 0.25) is 5.91 Å². The second-order valence-electron chi connectivity index (χ2n) is 9.17. The number of hydroxylamine groups is 1. The van der Waals surface area contributed by atoms with Gasteiger partial charge in [0, 0.05) is 0 Å². The summed E-state index contributed by atoms with van der Waals surface area (Å²) in [6.45, 7) is 5.04. The summed E-state index contributed by atoms with van der Waals surface area (Å²) in [5, 5.41) is 10.8. The molecular formula is C30H29N3O5. The Morgan fingerprint density at radius 3 is 2.34 bits per heavy atom. The van der Waals surface area contributed by atoms with E-state index in [1.807, 2.05) is 55.5 Å². The van der Waals surface area contributed by atoms with E-state index in [1.165, 1.54) is 0 Å². The van der Waals surface area contributed by atoms with E-state index in [0.717, 1.165) is 29.0 Å². The molecule has 0 aliphatic carbocycles. The van der Waals surface area contributed by atoms with Gasteiger partial charge in [-0.25, -0.2) is 9.96 Å². The quantitative estimate of drug-likeness (QED) is 0.288. The van der Waals surface area contributed by atoms with E-state index in [-0.39, 0.29) is 5.91 Å². The molecule has 0 N–H and O–H groups in total. The molecule has 2 saturated heterocycles. The molecule has 5 rings (SSSR count). The molecule has 0 bridgehead atoms. The molecule has 2 aliphatic heterocycles. The third-order valence-electron chi connectivity index (χ3n) is 6.75. The van der Waals surface area contributed by atoms with Crippen molar-refractivity contribution in [1.82, 2.24) is 0 Å². The Morgan fingerprint density at radius 1 is 0.895 bits per heavy atom. The number of carbonyl (C=O) groups excluding carboxylic acids is 2. The molecule has 2 aliphatic rings. The minimum atomic E-state index is -0.987. The molecule has 0 unspecified atom stereocenters. The summed E-state index contributed by atoms with van der Waals surface area (Å²) in [5.41, 5.74) is 2.37. The highest BCUT2D eigenvalue weighted by molar-refractivity contribution is 6.23. The fourth-order valence-electron chi connectivity index (χ4n) is 4.91. The molecule has 0 spiro atoms. The molecular weight excluding hydrogens is 482 g/mol. The highest BCUT2D eigenvalue weighted by Gasteiger charge is 2.60. The van der Waals surface area contributed by atoms with Crippen LogP contribution >= 0.6 is 0 Å². The molecule has 0 aromatic heterocycles. The number of nitrogens with zero attached hydrogens (tertiary/aromatic N) is 3. The Bertz CT molecular complexity index is 1350. The van der Waals surface area contributed by atoms with Gasteiger partial charge in [-0.2, -0.15) is 5.26 Å². The number of rotatable bonds is 9. The predicted octanol–water partition coefficient (Wildman–Crippen LogP) is 5.19. The van der Waals surface area contributed by atoms with Gasteiger partial charge in [-0.05, 0) is 67.4 Å². The average molecular weight is 512 g/mol. The fourth-order valence-corrected chi connectivity index (χ4v) is 4.91. The Balaban J connectivity index is 1.54. The van der Waals surface area contributed by atoms with Crippen LogP contribution in [0.25, 0.3) is 0 Å². The first-order valence-electron chi connectivity index (χ1n) is 12.9. The molecule has 8 heteroatoms. The molecule has 194 valence electrons. The van der Waals surface area contributed by atoms with Gasteiger partial charge in [0.25, 0.3) is 5.91 Å². The maximum absolute atomic E-state index is 13.8. The van der Waals surface area contributed by atoms with Crippen molar-refractivity contribution in [2.24, 2.45) is 5.92 Å². The lowest BCUT2D eigenvalue weighted by Crippen LogP contribution is -2.37. The van der Waals surface area contributed by atoms with Gasteiger partial charge in [-0.1, -0.05) is 37.6 Å². The number of carbonyl (C=O) groups is 2. The van der Waals surface area contributed by atoms with Crippen molar-refractivity contribution in [2.45, 2.75) is 38.8 Å². The summed E-state index contributed by atoms with van der Waals surface area (Å²) in [5.74, 6) is -0.344. The van der Waals surface area contributed by atoms with Crippen molar-refractivity contribution in [3.05, 3.63) is 83.9 Å². The number of imide groups is 1. The van der Waals surface area contributed by atoms with Gasteiger partial charge in [0.1, 0.15) is 5.92 Å². The highest BCUT2D eigenvalue weighted by atomic mass is 16.7. The van der Waals surface area contributed by atoms with Crippen molar-refractivity contribution in [2.75, 3.05) is 23.2 Å². The molecule has 2 heterocycles. The number of amides is 2. The van der Waals surface area contributed by atoms with Crippen LogP contribution in [0.3, 0.4) is 0 Å². The van der Waals surface area contributed by atoms with E-state index in [9.17, 15) is 9.59 Å². The number of hydrogen-bond donors (Lipinski definition) is 0. The maximum Gasteiger partial charge on any atom is 0.266 e. The van der Waals surface area contributed by atoms with Crippen molar-refractivity contribution in [3.8, 4) is 17.6 Å². The van der Waals surface area contributed by atoms with Crippen LogP contribution in [0.1, 0.15) is 43.9 Å². The number of fused-ring (bicyclic) bond motifs is 1. The monoisotopic (exact) mass is 511 g/mol. The van der Waals surface area contributed by atoms with E-state index in [2.05, 4.69) is 13.0 Å². The second kappa shape index (κ2) is 11.0. The van der Waals surface area contributed by atoms with E-state index in [1.54, 1.807) is 29.3 Å². The minimum Gasteiger partial charge on any atom is -0.490 e. The number of unbranched alkanes of at least 4 members (excludes halogenated alkanes) is 1. The summed E-state index contributed by atoms with van der Waals surface area (Å²) in [6.07, 6.45) is 0.957. The number of para-hydroxylation sites is 1. The SMILES string of the molecule is CCCCOc1ccc([C@@H]2[C@H]3C(=O)N(c4ccc(C#N)cc4)C(=O)[C@@H]3ON2c2ccccc2)cc1OCC. The first-order chi connectivity index (χ1) is 18.6. The zero-order valence-corrected chi connectivity index (χ0v) is 21.4. The van der Waals surface area contributed by atoms with Crippen LogP contribution in [0.15, 0.2) is 72.8 Å². The number of benzene rings is 3. The van der Waals surface area contributed by atoms with E-state index >= 15 is 0 Å². The van der Waals surface area contributed by atoms with Gasteiger partial charge >= 0.3 is 0 Å². The normalized spacial score (nSPS) is 20.4. The van der Waals surface area contributed by atoms with Crippen LogP contribution in [0.5, 0.6) is 11.5 Å². The Hall–Kier alpha value is -4.35. The standard InChI is InChI=1S/C30H29N3O5/c1-3-5-17-37-24-16-13-21(18-25(24)36-4-2)27-26-28(38-33(27)23-9-7-6-8-10-23)30(35)32(29(26)34)22-14-11-20(19-31)12-15-22/h6-16,18,26-28H,3-5,17H2,1-2H3/t26-,27-,28-/m1/s1. The summed E-state index contributed by atoms with van der Waals surface area (Å²) in [7, 11) is 0. The molecule has 8 nitrogen and oxygen atoms in total. The maximum atomic E-state index is 13.8. The van der Waals surface area contributed by atoms with Crippen LogP contribution in [-0.4, -0.2) is 31.1 Å². The molecule has 3 aromatic rings. The summed E-state index contributed by atoms with van der Waals surface area (Å²) in [6, 6.07) is 22.9. The van der Waals surface area contributed by atoms with Crippen molar-refractivity contribution in [1.29, 1.82) is 5.26 Å². The third kappa shape index (κ3) is 4.57. The van der Waals surface area contributed by atoms with E-state index in [4.69, 9.17) is 19.6 Å². The van der Waals surface area contributed by atoms with Crippen molar-refractivity contribution >= 4 is 23.2 Å². The van der Waals surface area contributed by atoms with Gasteiger partial charge in [0.05, 0.1) is 42.3 Å². The summed E-state index contributed by atoms with van der Waals surface area (Å²) >= 11 is 0. The van der Waals surface area contributed by atoms with Crippen LogP contribution in [0.4, 0.5) is 11.4 Å². The van der Waals surface area contributed by atoms with Gasteiger partial charge in [0.15, 0.2) is 17.6 Å². The fraction of sp³-hybridized carbons (Fsp3) is 0.300. The van der Waals surface area contributed by atoms with Crippen molar-refractivity contribution < 1.29 is 23.9 Å². The van der Waals surface area contributed by atoms with Crippen molar-refractivity contribution in [3.63, 3.8) is 0 Å².